The van der Waals surface area contributed by atoms with Crippen LogP contribution in [0, 0.1) is 40.9 Å². The number of rotatable bonds is 7. The van der Waals surface area contributed by atoms with Crippen molar-refractivity contribution in [2.45, 2.75) is 70.5 Å². The van der Waals surface area contributed by atoms with Crippen molar-refractivity contribution in [1.82, 2.24) is 0 Å². The summed E-state index contributed by atoms with van der Waals surface area (Å²) in [5, 5.41) is 0. The van der Waals surface area contributed by atoms with E-state index >= 15 is 0 Å². The van der Waals surface area contributed by atoms with Crippen LogP contribution < -0.4 is 0 Å². The highest BCUT2D eigenvalue weighted by molar-refractivity contribution is 5.55. The van der Waals surface area contributed by atoms with E-state index in [9.17, 15) is 4.79 Å². The summed E-state index contributed by atoms with van der Waals surface area (Å²) in [6.45, 7) is 3.18. The monoisotopic (exact) mass is 394 g/mol. The van der Waals surface area contributed by atoms with Gasteiger partial charge in [0.25, 0.3) is 0 Å². The van der Waals surface area contributed by atoms with E-state index < -0.39 is 0 Å². The second kappa shape index (κ2) is 8.71. The zero-order chi connectivity index (χ0) is 19.7. The number of fused-ring (bicyclic) bond motifs is 5. The van der Waals surface area contributed by atoms with Gasteiger partial charge in [-0.15, -0.1) is 0 Å². The Bertz CT molecular complexity index is 539. The van der Waals surface area contributed by atoms with Crippen molar-refractivity contribution in [3.8, 4) is 0 Å². The highest BCUT2D eigenvalue weighted by Crippen LogP contribution is 2.63. The van der Waals surface area contributed by atoms with Crippen molar-refractivity contribution >= 4 is 6.29 Å². The first-order chi connectivity index (χ1) is 13.6. The third-order valence-corrected chi connectivity index (χ3v) is 8.95. The van der Waals surface area contributed by atoms with Gasteiger partial charge < -0.3 is 23.7 Å². The molecule has 0 N–H and O–H groups in total. The van der Waals surface area contributed by atoms with Gasteiger partial charge in [-0.3, -0.25) is 0 Å². The zero-order valence-corrected chi connectivity index (χ0v) is 17.8. The molecule has 5 nitrogen and oxygen atoms in total. The molecule has 160 valence electrons. The second-order valence-corrected chi connectivity index (χ2v) is 10.0. The molecule has 28 heavy (non-hydrogen) atoms. The lowest BCUT2D eigenvalue weighted by atomic mass is 9.49. The van der Waals surface area contributed by atoms with E-state index in [1.54, 1.807) is 14.2 Å². The number of aldehydes is 1. The fraction of sp³-hybridized carbons (Fsp3) is 0.957. The van der Waals surface area contributed by atoms with Crippen LogP contribution in [-0.4, -0.2) is 46.3 Å². The molecule has 4 aliphatic carbocycles. The molecule has 4 fully saturated rings. The van der Waals surface area contributed by atoms with Gasteiger partial charge in [0.05, 0.1) is 12.2 Å². The molecule has 4 aliphatic rings. The maximum absolute atomic E-state index is 11.8. The van der Waals surface area contributed by atoms with Crippen molar-refractivity contribution in [3.05, 3.63) is 0 Å². The third-order valence-electron chi connectivity index (χ3n) is 8.95. The summed E-state index contributed by atoms with van der Waals surface area (Å²) >= 11 is 0. The van der Waals surface area contributed by atoms with Crippen LogP contribution in [0.3, 0.4) is 0 Å². The molecule has 0 aromatic rings. The number of carbonyl (C=O) groups excluding carboxylic acids is 1. The van der Waals surface area contributed by atoms with Crippen molar-refractivity contribution in [3.63, 3.8) is 0 Å². The largest absolute Gasteiger partial charge is 0.359 e. The van der Waals surface area contributed by atoms with Crippen molar-refractivity contribution in [1.29, 1.82) is 0 Å². The highest BCUT2D eigenvalue weighted by Gasteiger charge is 2.58. The Morgan fingerprint density at radius 3 is 2.43 bits per heavy atom. The summed E-state index contributed by atoms with van der Waals surface area (Å²) in [5.41, 5.74) is 0.301. The first-order valence-electron chi connectivity index (χ1n) is 11.3. The van der Waals surface area contributed by atoms with Gasteiger partial charge in [0, 0.05) is 20.1 Å². The molecule has 5 heteroatoms. The quantitative estimate of drug-likeness (QED) is 0.482. The van der Waals surface area contributed by atoms with Gasteiger partial charge in [-0.1, -0.05) is 6.92 Å². The zero-order valence-electron chi connectivity index (χ0n) is 17.8. The molecule has 0 aliphatic heterocycles. The Kier molecular flexibility index (Phi) is 6.46. The minimum Gasteiger partial charge on any atom is -0.359 e. The van der Waals surface area contributed by atoms with Gasteiger partial charge in [0.15, 0.2) is 0 Å². The number of hydrogen-bond acceptors (Lipinski definition) is 5. The molecule has 0 saturated heterocycles. The summed E-state index contributed by atoms with van der Waals surface area (Å²) in [6, 6.07) is 0. The number of methoxy groups -OCH3 is 2. The Hall–Kier alpha value is -0.490. The topological polar surface area (TPSA) is 54.0 Å². The van der Waals surface area contributed by atoms with Crippen LogP contribution in [0.25, 0.3) is 0 Å². The van der Waals surface area contributed by atoms with E-state index in [0.717, 1.165) is 36.9 Å². The van der Waals surface area contributed by atoms with E-state index in [-0.39, 0.29) is 12.0 Å². The van der Waals surface area contributed by atoms with E-state index in [0.29, 0.717) is 36.9 Å². The molecule has 4 rings (SSSR count). The summed E-state index contributed by atoms with van der Waals surface area (Å²) < 4.78 is 22.3. The maximum Gasteiger partial charge on any atom is 0.146 e. The average Bonchev–Trinajstić information content (AvgIpc) is 3.05. The lowest BCUT2D eigenvalue weighted by molar-refractivity contribution is -0.158. The minimum absolute atomic E-state index is 0.0322. The molecular formula is C23H38O5. The minimum atomic E-state index is 0.0322. The smallest absolute Gasteiger partial charge is 0.146 e. The summed E-state index contributed by atoms with van der Waals surface area (Å²) in [7, 11) is 3.36. The first-order valence-corrected chi connectivity index (χ1v) is 11.3. The van der Waals surface area contributed by atoms with Crippen LogP contribution in [0.5, 0.6) is 0 Å². The summed E-state index contributed by atoms with van der Waals surface area (Å²) in [6.07, 6.45) is 11.2. The van der Waals surface area contributed by atoms with E-state index in [1.807, 2.05) is 0 Å². The van der Waals surface area contributed by atoms with Crippen molar-refractivity contribution in [2.75, 3.05) is 27.8 Å². The molecule has 0 aromatic heterocycles. The SMILES string of the molecule is COCOC1CC2CC[C@@H]3[C@H](CC[C@]4(C)[C@@H](OCOC)CC[C@@H]34)[C@H]2CC1C=O. The lowest BCUT2D eigenvalue weighted by Gasteiger charge is -2.56. The molecule has 9 atom stereocenters. The normalized spacial score (nSPS) is 47.8. The van der Waals surface area contributed by atoms with E-state index in [4.69, 9.17) is 18.9 Å². The summed E-state index contributed by atoms with van der Waals surface area (Å²) in [4.78, 5) is 11.8. The first kappa shape index (κ1) is 20.8. The molecule has 0 radical (unpaired) electrons. The number of hydrogen-bond donors (Lipinski definition) is 0. The fourth-order valence-electron chi connectivity index (χ4n) is 7.70. The maximum atomic E-state index is 11.8. The van der Waals surface area contributed by atoms with Crippen LogP contribution in [-0.2, 0) is 23.7 Å². The van der Waals surface area contributed by atoms with Gasteiger partial charge >= 0.3 is 0 Å². The van der Waals surface area contributed by atoms with Crippen LogP contribution >= 0.6 is 0 Å². The number of ether oxygens (including phenoxy) is 4. The number of carbonyl (C=O) groups is 1. The average molecular weight is 395 g/mol. The summed E-state index contributed by atoms with van der Waals surface area (Å²) in [5.74, 6) is 3.80. The van der Waals surface area contributed by atoms with Gasteiger partial charge in [0.2, 0.25) is 0 Å². The second-order valence-electron chi connectivity index (χ2n) is 10.0. The molecular weight excluding hydrogens is 356 g/mol. The van der Waals surface area contributed by atoms with Crippen LogP contribution in [0.2, 0.25) is 0 Å². The van der Waals surface area contributed by atoms with Gasteiger partial charge in [-0.05, 0) is 86.4 Å². The molecule has 0 aromatic carbocycles. The van der Waals surface area contributed by atoms with Gasteiger partial charge in [-0.25, -0.2) is 0 Å². The molecule has 0 amide bonds. The lowest BCUT2D eigenvalue weighted by Crippen LogP contribution is -2.51. The van der Waals surface area contributed by atoms with Gasteiger partial charge in [-0.2, -0.15) is 0 Å². The Morgan fingerprint density at radius 2 is 1.68 bits per heavy atom. The Labute approximate surface area is 169 Å². The van der Waals surface area contributed by atoms with Crippen LogP contribution in [0.1, 0.15) is 58.3 Å². The van der Waals surface area contributed by atoms with Crippen molar-refractivity contribution in [2.24, 2.45) is 40.9 Å². The molecule has 0 heterocycles. The van der Waals surface area contributed by atoms with Gasteiger partial charge in [0.1, 0.15) is 19.9 Å². The van der Waals surface area contributed by atoms with Crippen LogP contribution in [0.15, 0.2) is 0 Å². The predicted octanol–water partition coefficient (Wildman–Crippen LogP) is 4.04. The Balaban J connectivity index is 1.46. The van der Waals surface area contributed by atoms with Crippen molar-refractivity contribution < 1.29 is 23.7 Å². The molecule has 0 spiro atoms. The molecule has 0 bridgehead atoms. The highest BCUT2D eigenvalue weighted by atomic mass is 16.7. The molecule has 3 unspecified atom stereocenters. The standard InChI is InChI=1S/C23H38O5/c1-23-9-8-17-18(20(23)6-7-22(23)28-14-26-3)5-4-15-11-21(27-13-25-2)16(12-24)10-19(15)17/h12,15-22H,4-11,13-14H2,1-3H3/t15?,16?,17-,18+,19-,20-,21?,22-,23-/m0/s1. The third kappa shape index (κ3) is 3.57. The van der Waals surface area contributed by atoms with E-state index in [2.05, 4.69) is 6.92 Å². The fourth-order valence-corrected chi connectivity index (χ4v) is 7.70. The predicted molar refractivity (Wildman–Crippen MR) is 106 cm³/mol. The van der Waals surface area contributed by atoms with Crippen LogP contribution in [0.4, 0.5) is 0 Å². The molecule has 4 saturated carbocycles. The Morgan fingerprint density at radius 1 is 0.893 bits per heavy atom. The van der Waals surface area contributed by atoms with E-state index in [1.165, 1.54) is 38.5 Å².